The molecular weight excluding hydrogens is 346 g/mol. The number of methoxy groups -OCH3 is 2. The van der Waals surface area contributed by atoms with Crippen molar-refractivity contribution in [1.29, 1.82) is 0 Å². The molecule has 0 fully saturated rings. The van der Waals surface area contributed by atoms with Gasteiger partial charge in [0.2, 0.25) is 0 Å². The smallest absolute Gasteiger partial charge is 0.193 e. The predicted molar refractivity (Wildman–Crippen MR) is 102 cm³/mol. The zero-order valence-corrected chi connectivity index (χ0v) is 15.2. The molecule has 0 amide bonds. The lowest BCUT2D eigenvalue weighted by Crippen LogP contribution is -2.23. The maximum atomic E-state index is 5.91. The van der Waals surface area contributed by atoms with Gasteiger partial charge in [0.05, 0.1) is 20.8 Å². The first-order valence-electron chi connectivity index (χ1n) is 7.29. The quantitative estimate of drug-likeness (QED) is 0.337. The number of thioether (sulfide) groups is 1. The van der Waals surface area contributed by atoms with E-state index in [1.54, 1.807) is 26.0 Å². The summed E-state index contributed by atoms with van der Waals surface area (Å²) in [6, 6.07) is 13.2. The molecule has 0 aliphatic carbocycles. The molecule has 0 saturated carbocycles. The summed E-state index contributed by atoms with van der Waals surface area (Å²) >= 11 is 7.56. The van der Waals surface area contributed by atoms with Gasteiger partial charge in [-0.15, -0.1) is 11.8 Å². The van der Waals surface area contributed by atoms with Gasteiger partial charge in [-0.1, -0.05) is 11.6 Å². The summed E-state index contributed by atoms with van der Waals surface area (Å²) in [4.78, 5) is 5.47. The van der Waals surface area contributed by atoms with Gasteiger partial charge in [-0.2, -0.15) is 0 Å². The van der Waals surface area contributed by atoms with Gasteiger partial charge in [-0.05, 0) is 36.4 Å². The van der Waals surface area contributed by atoms with Crippen LogP contribution < -0.4 is 20.5 Å². The Labute approximate surface area is 151 Å². The van der Waals surface area contributed by atoms with E-state index in [4.69, 9.17) is 26.8 Å². The lowest BCUT2D eigenvalue weighted by molar-refractivity contribution is 0.355. The maximum absolute atomic E-state index is 5.91. The van der Waals surface area contributed by atoms with Gasteiger partial charge < -0.3 is 20.5 Å². The van der Waals surface area contributed by atoms with Crippen LogP contribution in [-0.2, 0) is 0 Å². The van der Waals surface area contributed by atoms with Gasteiger partial charge in [-0.25, -0.2) is 0 Å². The van der Waals surface area contributed by atoms with Gasteiger partial charge >= 0.3 is 0 Å². The lowest BCUT2D eigenvalue weighted by atomic mass is 10.3. The third-order valence-electron chi connectivity index (χ3n) is 3.11. The third kappa shape index (κ3) is 5.54. The Morgan fingerprint density at radius 3 is 2.50 bits per heavy atom. The van der Waals surface area contributed by atoms with Crippen molar-refractivity contribution in [3.8, 4) is 11.5 Å². The van der Waals surface area contributed by atoms with E-state index >= 15 is 0 Å². The normalized spacial score (nSPS) is 11.2. The fourth-order valence-electron chi connectivity index (χ4n) is 1.96. The second kappa shape index (κ2) is 9.30. The highest BCUT2D eigenvalue weighted by molar-refractivity contribution is 7.99. The summed E-state index contributed by atoms with van der Waals surface area (Å²) in [6.45, 7) is 0.611. The molecule has 2 aromatic carbocycles. The Kier molecular flexibility index (Phi) is 7.08. The van der Waals surface area contributed by atoms with Crippen LogP contribution >= 0.6 is 23.4 Å². The van der Waals surface area contributed by atoms with E-state index in [9.17, 15) is 0 Å². The molecule has 24 heavy (non-hydrogen) atoms. The topological polar surface area (TPSA) is 68.9 Å². The highest BCUT2D eigenvalue weighted by Gasteiger charge is 2.05. The zero-order valence-electron chi connectivity index (χ0n) is 13.6. The Bertz CT molecular complexity index is 693. The van der Waals surface area contributed by atoms with Crippen molar-refractivity contribution in [1.82, 2.24) is 0 Å². The molecule has 3 N–H and O–H groups in total. The van der Waals surface area contributed by atoms with Gasteiger partial charge in [-0.3, -0.25) is 4.99 Å². The van der Waals surface area contributed by atoms with E-state index < -0.39 is 0 Å². The molecule has 0 radical (unpaired) electrons. The number of anilines is 1. The van der Waals surface area contributed by atoms with Crippen LogP contribution in [0.5, 0.6) is 11.5 Å². The number of hydrogen-bond acceptors (Lipinski definition) is 4. The maximum Gasteiger partial charge on any atom is 0.193 e. The molecule has 0 spiro atoms. The number of aliphatic imine (C=N–C) groups is 1. The molecule has 7 heteroatoms. The number of halogens is 1. The fraction of sp³-hybridized carbons (Fsp3) is 0.235. The van der Waals surface area contributed by atoms with Crippen molar-refractivity contribution >= 4 is 35.0 Å². The number of guanidine groups is 1. The molecule has 128 valence electrons. The van der Waals surface area contributed by atoms with Crippen molar-refractivity contribution in [3.05, 3.63) is 47.5 Å². The standard InChI is InChI=1S/C17H20ClN3O2S/c1-22-15-8-5-13(11-16(15)23-2)21-17(19)20-9-10-24-14-6-3-12(18)4-7-14/h3-8,11H,9-10H2,1-2H3,(H3,19,20,21). The molecule has 0 saturated heterocycles. The predicted octanol–water partition coefficient (Wildman–Crippen LogP) is 3.88. The molecule has 0 unspecified atom stereocenters. The highest BCUT2D eigenvalue weighted by atomic mass is 35.5. The minimum Gasteiger partial charge on any atom is -0.493 e. The Morgan fingerprint density at radius 2 is 1.83 bits per heavy atom. The van der Waals surface area contributed by atoms with Crippen LogP contribution in [0.15, 0.2) is 52.4 Å². The van der Waals surface area contributed by atoms with E-state index in [0.29, 0.717) is 24.0 Å². The van der Waals surface area contributed by atoms with E-state index in [2.05, 4.69) is 10.3 Å². The van der Waals surface area contributed by atoms with Crippen molar-refractivity contribution < 1.29 is 9.47 Å². The van der Waals surface area contributed by atoms with Gasteiger partial charge in [0.1, 0.15) is 0 Å². The molecule has 0 aliphatic rings. The van der Waals surface area contributed by atoms with Gasteiger partial charge in [0.25, 0.3) is 0 Å². The fourth-order valence-corrected chi connectivity index (χ4v) is 2.83. The molecule has 0 atom stereocenters. The van der Waals surface area contributed by atoms with Crippen LogP contribution in [0, 0.1) is 0 Å². The van der Waals surface area contributed by atoms with Crippen molar-refractivity contribution in [2.45, 2.75) is 4.90 Å². The SMILES string of the molecule is COc1ccc(NC(N)=NCCSc2ccc(Cl)cc2)cc1OC. The van der Waals surface area contributed by atoms with Crippen LogP contribution in [0.25, 0.3) is 0 Å². The van der Waals surface area contributed by atoms with Crippen LogP contribution in [0.4, 0.5) is 5.69 Å². The zero-order chi connectivity index (χ0) is 17.4. The summed E-state index contributed by atoms with van der Waals surface area (Å²) in [5.41, 5.74) is 6.70. The van der Waals surface area contributed by atoms with Crippen molar-refractivity contribution in [2.24, 2.45) is 10.7 Å². The number of benzene rings is 2. The Hall–Kier alpha value is -2.05. The minimum atomic E-state index is 0.360. The Balaban J connectivity index is 1.84. The average Bonchev–Trinajstić information content (AvgIpc) is 2.60. The number of hydrogen-bond donors (Lipinski definition) is 2. The van der Waals surface area contributed by atoms with Crippen molar-refractivity contribution in [3.63, 3.8) is 0 Å². The lowest BCUT2D eigenvalue weighted by Gasteiger charge is -2.10. The number of nitrogens with zero attached hydrogens (tertiary/aromatic N) is 1. The molecule has 0 aromatic heterocycles. The van der Waals surface area contributed by atoms with Crippen LogP contribution in [-0.4, -0.2) is 32.5 Å². The monoisotopic (exact) mass is 365 g/mol. The first-order valence-corrected chi connectivity index (χ1v) is 8.66. The molecular formula is C17H20ClN3O2S. The average molecular weight is 366 g/mol. The molecule has 5 nitrogen and oxygen atoms in total. The minimum absolute atomic E-state index is 0.360. The summed E-state index contributed by atoms with van der Waals surface area (Å²) in [5, 5.41) is 3.78. The van der Waals surface area contributed by atoms with E-state index in [1.807, 2.05) is 42.5 Å². The largest absolute Gasteiger partial charge is 0.493 e. The van der Waals surface area contributed by atoms with E-state index in [1.165, 1.54) is 0 Å². The van der Waals surface area contributed by atoms with Gasteiger partial charge in [0, 0.05) is 27.4 Å². The second-order valence-corrected chi connectivity index (χ2v) is 6.37. The summed E-state index contributed by atoms with van der Waals surface area (Å²) in [5.74, 6) is 2.49. The third-order valence-corrected chi connectivity index (χ3v) is 4.36. The van der Waals surface area contributed by atoms with Crippen molar-refractivity contribution in [2.75, 3.05) is 31.8 Å². The van der Waals surface area contributed by atoms with Crippen LogP contribution in [0.2, 0.25) is 5.02 Å². The summed E-state index contributed by atoms with van der Waals surface area (Å²) in [7, 11) is 3.19. The summed E-state index contributed by atoms with van der Waals surface area (Å²) < 4.78 is 10.5. The molecule has 0 aliphatic heterocycles. The molecule has 2 rings (SSSR count). The first kappa shape index (κ1) is 18.3. The second-order valence-electron chi connectivity index (χ2n) is 4.76. The van der Waals surface area contributed by atoms with E-state index in [0.717, 1.165) is 21.4 Å². The van der Waals surface area contributed by atoms with Crippen LogP contribution in [0.3, 0.4) is 0 Å². The number of nitrogens with two attached hydrogens (primary N) is 1. The van der Waals surface area contributed by atoms with Crippen LogP contribution in [0.1, 0.15) is 0 Å². The molecule has 0 bridgehead atoms. The summed E-state index contributed by atoms with van der Waals surface area (Å²) in [6.07, 6.45) is 0. The van der Waals surface area contributed by atoms with E-state index in [-0.39, 0.29) is 0 Å². The number of nitrogens with one attached hydrogen (secondary N) is 1. The van der Waals surface area contributed by atoms with Gasteiger partial charge in [0.15, 0.2) is 17.5 Å². The number of rotatable bonds is 7. The number of ether oxygens (including phenoxy) is 2. The first-order chi connectivity index (χ1) is 11.6. The molecule has 0 heterocycles. The Morgan fingerprint density at radius 1 is 1.12 bits per heavy atom. The molecule has 2 aromatic rings. The highest BCUT2D eigenvalue weighted by Crippen LogP contribution is 2.29.